The molecule has 3 rings (SSSR count). The van der Waals surface area contributed by atoms with Gasteiger partial charge in [0.05, 0.1) is 7.11 Å². The Hall–Kier alpha value is -3.47. The first-order valence-electron chi connectivity index (χ1n) is 7.76. The molecule has 1 heterocycles. The predicted molar refractivity (Wildman–Crippen MR) is 98.3 cm³/mol. The Morgan fingerprint density at radius 3 is 2.52 bits per heavy atom. The summed E-state index contributed by atoms with van der Waals surface area (Å²) in [6.45, 7) is 0. The Morgan fingerprint density at radius 2 is 1.80 bits per heavy atom. The number of carbonyl (C=O) groups excluding carboxylic acids is 1. The molecular weight excluding hydrogens is 314 g/mol. The summed E-state index contributed by atoms with van der Waals surface area (Å²) >= 11 is 0. The second-order valence-corrected chi connectivity index (χ2v) is 5.26. The summed E-state index contributed by atoms with van der Waals surface area (Å²) in [5.74, 6) is 0.521. The highest BCUT2D eigenvalue weighted by Gasteiger charge is 2.09. The summed E-state index contributed by atoms with van der Waals surface area (Å²) in [6, 6.07) is 18.6. The van der Waals surface area contributed by atoms with Crippen molar-refractivity contribution >= 4 is 23.7 Å². The van der Waals surface area contributed by atoms with E-state index in [0.717, 1.165) is 16.9 Å². The van der Waals surface area contributed by atoms with Gasteiger partial charge in [-0.15, -0.1) is 5.10 Å². The molecule has 0 spiro atoms. The van der Waals surface area contributed by atoms with E-state index in [1.165, 1.54) is 6.20 Å². The molecule has 0 saturated carbocycles. The summed E-state index contributed by atoms with van der Waals surface area (Å²) in [4.78, 5) is 12.3. The largest absolute Gasteiger partial charge is 0.497 e. The Kier molecular flexibility index (Phi) is 5.16. The molecule has 0 saturated heterocycles. The minimum atomic E-state index is -0.293. The lowest BCUT2D eigenvalue weighted by molar-refractivity contribution is 0.102. The SMILES string of the molecule is COc1ccc(/C=C/c2ccccc2NC(=O)c2cccnn2)cc1. The van der Waals surface area contributed by atoms with Gasteiger partial charge in [0.15, 0.2) is 5.69 Å². The number of benzene rings is 2. The van der Waals surface area contributed by atoms with Gasteiger partial charge >= 0.3 is 0 Å². The zero-order valence-corrected chi connectivity index (χ0v) is 13.7. The van der Waals surface area contributed by atoms with Crippen LogP contribution in [0.15, 0.2) is 66.9 Å². The number of rotatable bonds is 5. The van der Waals surface area contributed by atoms with E-state index in [1.807, 2.05) is 60.7 Å². The fourth-order valence-electron chi connectivity index (χ4n) is 2.27. The van der Waals surface area contributed by atoms with Gasteiger partial charge in [-0.2, -0.15) is 5.10 Å². The number of amides is 1. The van der Waals surface area contributed by atoms with Crippen molar-refractivity contribution in [3.8, 4) is 5.75 Å². The van der Waals surface area contributed by atoms with E-state index in [9.17, 15) is 4.79 Å². The highest BCUT2D eigenvalue weighted by atomic mass is 16.5. The normalized spacial score (nSPS) is 10.6. The maximum atomic E-state index is 12.3. The van der Waals surface area contributed by atoms with Crippen LogP contribution < -0.4 is 10.1 Å². The Balaban J connectivity index is 1.78. The molecule has 0 fully saturated rings. The highest BCUT2D eigenvalue weighted by molar-refractivity contribution is 6.04. The van der Waals surface area contributed by atoms with Crippen molar-refractivity contribution in [2.24, 2.45) is 0 Å². The van der Waals surface area contributed by atoms with Crippen molar-refractivity contribution in [2.75, 3.05) is 12.4 Å². The second-order valence-electron chi connectivity index (χ2n) is 5.26. The predicted octanol–water partition coefficient (Wildman–Crippen LogP) is 3.91. The molecule has 1 N–H and O–H groups in total. The molecule has 0 atom stereocenters. The minimum Gasteiger partial charge on any atom is -0.497 e. The molecule has 124 valence electrons. The molecule has 5 nitrogen and oxygen atoms in total. The third-order valence-corrected chi connectivity index (χ3v) is 3.59. The molecule has 3 aromatic rings. The van der Waals surface area contributed by atoms with Gasteiger partial charge in [0, 0.05) is 11.9 Å². The number of anilines is 1. The maximum Gasteiger partial charge on any atom is 0.276 e. The molecule has 0 radical (unpaired) electrons. The molecule has 0 aliphatic rings. The van der Waals surface area contributed by atoms with Crippen molar-refractivity contribution in [2.45, 2.75) is 0 Å². The lowest BCUT2D eigenvalue weighted by Crippen LogP contribution is -2.14. The third-order valence-electron chi connectivity index (χ3n) is 3.59. The van der Waals surface area contributed by atoms with E-state index in [4.69, 9.17) is 4.74 Å². The number of carbonyl (C=O) groups is 1. The van der Waals surface area contributed by atoms with Gasteiger partial charge in [0.25, 0.3) is 5.91 Å². The molecule has 0 aliphatic heterocycles. The van der Waals surface area contributed by atoms with Gasteiger partial charge in [-0.1, -0.05) is 42.5 Å². The second kappa shape index (κ2) is 7.88. The Morgan fingerprint density at radius 1 is 1.00 bits per heavy atom. The van der Waals surface area contributed by atoms with Gasteiger partial charge in [0.2, 0.25) is 0 Å². The van der Waals surface area contributed by atoms with E-state index >= 15 is 0 Å². The van der Waals surface area contributed by atoms with Crippen LogP contribution in [0.25, 0.3) is 12.2 Å². The average Bonchev–Trinajstić information content (AvgIpc) is 2.68. The van der Waals surface area contributed by atoms with Crippen LogP contribution in [0.4, 0.5) is 5.69 Å². The fourth-order valence-corrected chi connectivity index (χ4v) is 2.27. The standard InChI is InChI=1S/C20H17N3O2/c1-25-17-12-9-15(10-13-17)8-11-16-5-2-3-6-18(16)22-20(24)19-7-4-14-21-23-19/h2-14H,1H3,(H,22,24)/b11-8+. The number of nitrogens with one attached hydrogen (secondary N) is 1. The van der Waals surface area contributed by atoms with Crippen LogP contribution in [0.1, 0.15) is 21.6 Å². The topological polar surface area (TPSA) is 64.1 Å². The first-order chi connectivity index (χ1) is 12.3. The molecule has 5 heteroatoms. The lowest BCUT2D eigenvalue weighted by Gasteiger charge is -2.08. The smallest absolute Gasteiger partial charge is 0.276 e. The highest BCUT2D eigenvalue weighted by Crippen LogP contribution is 2.20. The first-order valence-corrected chi connectivity index (χ1v) is 7.76. The van der Waals surface area contributed by atoms with E-state index in [1.54, 1.807) is 19.2 Å². The van der Waals surface area contributed by atoms with Gasteiger partial charge in [-0.3, -0.25) is 4.79 Å². The summed E-state index contributed by atoms with van der Waals surface area (Å²) in [5.41, 5.74) is 2.92. The van der Waals surface area contributed by atoms with Crippen LogP contribution in [-0.2, 0) is 0 Å². The zero-order valence-electron chi connectivity index (χ0n) is 13.7. The van der Waals surface area contributed by atoms with Crippen molar-refractivity contribution in [1.29, 1.82) is 0 Å². The van der Waals surface area contributed by atoms with Gasteiger partial charge in [0.1, 0.15) is 5.75 Å². The summed E-state index contributed by atoms with van der Waals surface area (Å²) in [7, 11) is 1.64. The quantitative estimate of drug-likeness (QED) is 0.720. The zero-order chi connectivity index (χ0) is 17.5. The van der Waals surface area contributed by atoms with Crippen molar-refractivity contribution in [3.63, 3.8) is 0 Å². The lowest BCUT2D eigenvalue weighted by atomic mass is 10.1. The van der Waals surface area contributed by atoms with Crippen molar-refractivity contribution < 1.29 is 9.53 Å². The number of hydrogen-bond acceptors (Lipinski definition) is 4. The van der Waals surface area contributed by atoms with E-state index in [0.29, 0.717) is 5.69 Å². The van der Waals surface area contributed by atoms with E-state index < -0.39 is 0 Å². The summed E-state index contributed by atoms with van der Waals surface area (Å²) in [6.07, 6.45) is 5.46. The number of aromatic nitrogens is 2. The summed E-state index contributed by atoms with van der Waals surface area (Å²) < 4.78 is 5.15. The van der Waals surface area contributed by atoms with E-state index in [2.05, 4.69) is 15.5 Å². The van der Waals surface area contributed by atoms with Crippen LogP contribution in [-0.4, -0.2) is 23.2 Å². The molecule has 25 heavy (non-hydrogen) atoms. The van der Waals surface area contributed by atoms with Crippen molar-refractivity contribution in [1.82, 2.24) is 10.2 Å². The summed E-state index contributed by atoms with van der Waals surface area (Å²) in [5, 5.41) is 10.4. The van der Waals surface area contributed by atoms with Gasteiger partial charge in [-0.05, 0) is 41.5 Å². The molecule has 0 unspecified atom stereocenters. The van der Waals surface area contributed by atoms with Crippen LogP contribution in [0, 0.1) is 0 Å². The molecule has 1 aromatic heterocycles. The first kappa shape index (κ1) is 16.4. The average molecular weight is 331 g/mol. The van der Waals surface area contributed by atoms with Crippen LogP contribution in [0.5, 0.6) is 5.75 Å². The van der Waals surface area contributed by atoms with Crippen LogP contribution in [0.3, 0.4) is 0 Å². The molecule has 2 aromatic carbocycles. The Bertz CT molecular complexity index is 875. The molecule has 0 bridgehead atoms. The number of nitrogens with zero attached hydrogens (tertiary/aromatic N) is 2. The molecular formula is C20H17N3O2. The monoisotopic (exact) mass is 331 g/mol. The number of ether oxygens (including phenoxy) is 1. The maximum absolute atomic E-state index is 12.3. The number of hydrogen-bond donors (Lipinski definition) is 1. The fraction of sp³-hybridized carbons (Fsp3) is 0.0500. The number of methoxy groups -OCH3 is 1. The van der Waals surface area contributed by atoms with Gasteiger partial charge in [-0.25, -0.2) is 0 Å². The Labute approximate surface area is 146 Å². The van der Waals surface area contributed by atoms with Crippen LogP contribution >= 0.6 is 0 Å². The van der Waals surface area contributed by atoms with Gasteiger partial charge < -0.3 is 10.1 Å². The van der Waals surface area contributed by atoms with E-state index in [-0.39, 0.29) is 11.6 Å². The molecule has 0 aliphatic carbocycles. The molecule has 1 amide bonds. The van der Waals surface area contributed by atoms with Crippen LogP contribution in [0.2, 0.25) is 0 Å². The minimum absolute atomic E-state index is 0.274. The van der Waals surface area contributed by atoms with Crippen molar-refractivity contribution in [3.05, 3.63) is 83.7 Å². The number of para-hydroxylation sites is 1. The third kappa shape index (κ3) is 4.29.